The summed E-state index contributed by atoms with van der Waals surface area (Å²) in [6.45, 7) is 3.17. The van der Waals surface area contributed by atoms with Gasteiger partial charge < -0.3 is 15.5 Å². The van der Waals surface area contributed by atoms with Crippen LogP contribution in [0.25, 0.3) is 0 Å². The highest BCUT2D eigenvalue weighted by molar-refractivity contribution is 6.30. The van der Waals surface area contributed by atoms with Crippen LogP contribution in [0.5, 0.6) is 5.75 Å². The number of aromatic hydroxyl groups is 1. The van der Waals surface area contributed by atoms with E-state index >= 15 is 0 Å². The topological polar surface area (TPSA) is 69.6 Å². The van der Waals surface area contributed by atoms with Gasteiger partial charge in [-0.1, -0.05) is 11.6 Å². The third kappa shape index (κ3) is 3.12. The first-order valence-electron chi connectivity index (χ1n) is 4.77. The molecule has 5 heteroatoms. The summed E-state index contributed by atoms with van der Waals surface area (Å²) in [5, 5.41) is 21.5. The number of carbonyl (C=O) groups excluding carboxylic acids is 1. The van der Waals surface area contributed by atoms with Crippen LogP contribution in [0.2, 0.25) is 5.02 Å². The lowest BCUT2D eigenvalue weighted by Crippen LogP contribution is -2.46. The summed E-state index contributed by atoms with van der Waals surface area (Å²) in [7, 11) is 0. The number of phenolic OH excluding ortho intramolecular Hbond substituents is 1. The van der Waals surface area contributed by atoms with Crippen LogP contribution in [0.4, 0.5) is 0 Å². The van der Waals surface area contributed by atoms with Gasteiger partial charge in [0.05, 0.1) is 17.7 Å². The Morgan fingerprint density at radius 1 is 1.50 bits per heavy atom. The molecule has 0 aliphatic rings. The number of rotatable bonds is 3. The Morgan fingerprint density at radius 2 is 2.12 bits per heavy atom. The number of benzene rings is 1. The summed E-state index contributed by atoms with van der Waals surface area (Å²) < 4.78 is 0. The number of carbonyl (C=O) groups is 1. The third-order valence-electron chi connectivity index (χ3n) is 2.05. The Hall–Kier alpha value is -1.26. The summed E-state index contributed by atoms with van der Waals surface area (Å²) in [5.74, 6) is -0.632. The molecule has 0 bridgehead atoms. The number of amides is 1. The first-order chi connectivity index (χ1) is 7.35. The van der Waals surface area contributed by atoms with Crippen LogP contribution in [-0.2, 0) is 0 Å². The highest BCUT2D eigenvalue weighted by Gasteiger charge is 2.21. The molecule has 0 aliphatic heterocycles. The van der Waals surface area contributed by atoms with E-state index in [0.29, 0.717) is 5.02 Å². The Kier molecular flexibility index (Phi) is 3.78. The average Bonchev–Trinajstić information content (AvgIpc) is 2.16. The smallest absolute Gasteiger partial charge is 0.255 e. The third-order valence-corrected chi connectivity index (χ3v) is 2.29. The second kappa shape index (κ2) is 4.72. The van der Waals surface area contributed by atoms with Crippen molar-refractivity contribution < 1.29 is 15.0 Å². The van der Waals surface area contributed by atoms with Crippen LogP contribution in [0.15, 0.2) is 18.2 Å². The molecule has 1 aromatic rings. The summed E-state index contributed by atoms with van der Waals surface area (Å²) in [6, 6.07) is 4.24. The molecule has 0 unspecified atom stereocenters. The van der Waals surface area contributed by atoms with E-state index in [0.717, 1.165) is 0 Å². The van der Waals surface area contributed by atoms with Crippen LogP contribution in [0.1, 0.15) is 24.2 Å². The lowest BCUT2D eigenvalue weighted by Gasteiger charge is -2.23. The SMILES string of the molecule is CC(C)(CO)NC(=O)c1ccc(Cl)cc1O. The monoisotopic (exact) mass is 243 g/mol. The van der Waals surface area contributed by atoms with Gasteiger partial charge in [-0.25, -0.2) is 0 Å². The normalized spacial score (nSPS) is 11.2. The van der Waals surface area contributed by atoms with Crippen LogP contribution in [-0.4, -0.2) is 28.3 Å². The van der Waals surface area contributed by atoms with Crippen molar-refractivity contribution in [3.63, 3.8) is 0 Å². The van der Waals surface area contributed by atoms with Crippen molar-refractivity contribution in [3.05, 3.63) is 28.8 Å². The second-order valence-electron chi connectivity index (χ2n) is 4.16. The molecule has 1 amide bonds. The fraction of sp³-hybridized carbons (Fsp3) is 0.364. The van der Waals surface area contributed by atoms with Crippen molar-refractivity contribution in [2.24, 2.45) is 0 Å². The van der Waals surface area contributed by atoms with E-state index in [1.165, 1.54) is 18.2 Å². The largest absolute Gasteiger partial charge is 0.507 e. The zero-order valence-electron chi connectivity index (χ0n) is 9.12. The Labute approximate surface area is 98.9 Å². The van der Waals surface area contributed by atoms with Gasteiger partial charge in [0.25, 0.3) is 5.91 Å². The van der Waals surface area contributed by atoms with Crippen LogP contribution >= 0.6 is 11.6 Å². The first kappa shape index (κ1) is 12.8. The minimum Gasteiger partial charge on any atom is -0.507 e. The van der Waals surface area contributed by atoms with Gasteiger partial charge in [-0.05, 0) is 32.0 Å². The van der Waals surface area contributed by atoms with E-state index in [9.17, 15) is 9.90 Å². The zero-order chi connectivity index (χ0) is 12.3. The lowest BCUT2D eigenvalue weighted by molar-refractivity contribution is 0.0866. The maximum Gasteiger partial charge on any atom is 0.255 e. The number of halogens is 1. The maximum absolute atomic E-state index is 11.7. The van der Waals surface area contributed by atoms with E-state index in [-0.39, 0.29) is 17.9 Å². The Bertz CT molecular complexity index is 404. The fourth-order valence-corrected chi connectivity index (χ4v) is 1.28. The molecule has 0 radical (unpaired) electrons. The molecule has 0 spiro atoms. The number of hydrogen-bond donors (Lipinski definition) is 3. The molecular formula is C11H14ClNO3. The zero-order valence-corrected chi connectivity index (χ0v) is 9.88. The van der Waals surface area contributed by atoms with Crippen molar-refractivity contribution >= 4 is 17.5 Å². The van der Waals surface area contributed by atoms with Gasteiger partial charge in [0.2, 0.25) is 0 Å². The minimum atomic E-state index is -0.733. The van der Waals surface area contributed by atoms with Crippen molar-refractivity contribution in [1.82, 2.24) is 5.32 Å². The summed E-state index contributed by atoms with van der Waals surface area (Å²) in [5.41, 5.74) is -0.602. The van der Waals surface area contributed by atoms with E-state index in [4.69, 9.17) is 16.7 Å². The molecule has 0 atom stereocenters. The van der Waals surface area contributed by atoms with Gasteiger partial charge in [-0.3, -0.25) is 4.79 Å². The van der Waals surface area contributed by atoms with Gasteiger partial charge in [0, 0.05) is 5.02 Å². The van der Waals surface area contributed by atoms with E-state index in [2.05, 4.69) is 5.32 Å². The van der Waals surface area contributed by atoms with Gasteiger partial charge in [0.1, 0.15) is 5.75 Å². The van der Waals surface area contributed by atoms with Crippen molar-refractivity contribution in [3.8, 4) is 5.75 Å². The molecule has 1 rings (SSSR count). The molecule has 0 saturated heterocycles. The van der Waals surface area contributed by atoms with E-state index in [1.54, 1.807) is 13.8 Å². The number of aliphatic hydroxyl groups is 1. The molecule has 88 valence electrons. The second-order valence-corrected chi connectivity index (χ2v) is 4.59. The highest BCUT2D eigenvalue weighted by atomic mass is 35.5. The van der Waals surface area contributed by atoms with Crippen LogP contribution < -0.4 is 5.32 Å². The number of hydrogen-bond acceptors (Lipinski definition) is 3. The van der Waals surface area contributed by atoms with Gasteiger partial charge in [0.15, 0.2) is 0 Å². The molecular weight excluding hydrogens is 230 g/mol. The predicted octanol–water partition coefficient (Wildman–Crippen LogP) is 1.55. The van der Waals surface area contributed by atoms with Crippen molar-refractivity contribution in [2.75, 3.05) is 6.61 Å². The van der Waals surface area contributed by atoms with Crippen molar-refractivity contribution in [1.29, 1.82) is 0 Å². The van der Waals surface area contributed by atoms with E-state index < -0.39 is 11.4 Å². The van der Waals surface area contributed by atoms with Gasteiger partial charge >= 0.3 is 0 Å². The molecule has 0 aromatic heterocycles. The van der Waals surface area contributed by atoms with Gasteiger partial charge in [-0.15, -0.1) is 0 Å². The Morgan fingerprint density at radius 3 is 2.62 bits per heavy atom. The fourth-order valence-electron chi connectivity index (χ4n) is 1.11. The summed E-state index contributed by atoms with van der Waals surface area (Å²) >= 11 is 5.65. The molecule has 0 saturated carbocycles. The standard InChI is InChI=1S/C11H14ClNO3/c1-11(2,6-14)13-10(16)8-4-3-7(12)5-9(8)15/h3-5,14-15H,6H2,1-2H3,(H,13,16). The quantitative estimate of drug-likeness (QED) is 0.754. The molecule has 1 aromatic carbocycles. The molecule has 16 heavy (non-hydrogen) atoms. The van der Waals surface area contributed by atoms with Crippen LogP contribution in [0, 0.1) is 0 Å². The van der Waals surface area contributed by atoms with Crippen molar-refractivity contribution in [2.45, 2.75) is 19.4 Å². The predicted molar refractivity (Wildman–Crippen MR) is 61.7 cm³/mol. The van der Waals surface area contributed by atoms with E-state index in [1.807, 2.05) is 0 Å². The summed E-state index contributed by atoms with van der Waals surface area (Å²) in [6.07, 6.45) is 0. The maximum atomic E-state index is 11.7. The number of aliphatic hydroxyl groups excluding tert-OH is 1. The summed E-state index contributed by atoms with van der Waals surface area (Å²) in [4.78, 5) is 11.7. The lowest BCUT2D eigenvalue weighted by atomic mass is 10.1. The molecule has 4 nitrogen and oxygen atoms in total. The number of phenols is 1. The Balaban J connectivity index is 2.89. The first-order valence-corrected chi connectivity index (χ1v) is 5.15. The molecule has 3 N–H and O–H groups in total. The highest BCUT2D eigenvalue weighted by Crippen LogP contribution is 2.22. The minimum absolute atomic E-state index is 0.130. The molecule has 0 fully saturated rings. The average molecular weight is 244 g/mol. The number of nitrogens with one attached hydrogen (secondary N) is 1. The van der Waals surface area contributed by atoms with Gasteiger partial charge in [-0.2, -0.15) is 0 Å². The van der Waals surface area contributed by atoms with Crippen LogP contribution in [0.3, 0.4) is 0 Å². The molecule has 0 heterocycles. The molecule has 0 aliphatic carbocycles.